The van der Waals surface area contributed by atoms with Gasteiger partial charge in [-0.25, -0.2) is 5.43 Å². The Kier molecular flexibility index (Phi) is 5.96. The molecule has 1 amide bonds. The van der Waals surface area contributed by atoms with Gasteiger partial charge in [-0.3, -0.25) is 9.89 Å². The lowest BCUT2D eigenvalue weighted by molar-refractivity contribution is 0.0950. The molecule has 0 fully saturated rings. The number of carbonyl (C=O) groups is 1. The SMILES string of the molecule is CCN(CC)c1ccc(/C=N\NC(=O)c2cc(C(C)(C)C)[nH]n2)cc1. The summed E-state index contributed by atoms with van der Waals surface area (Å²) in [6.07, 6.45) is 1.63. The minimum Gasteiger partial charge on any atom is -0.372 e. The number of anilines is 1. The lowest BCUT2D eigenvalue weighted by Crippen LogP contribution is -2.21. The molecule has 0 aliphatic heterocycles. The Balaban J connectivity index is 1.96. The van der Waals surface area contributed by atoms with Crippen LogP contribution < -0.4 is 10.3 Å². The van der Waals surface area contributed by atoms with Crippen molar-refractivity contribution in [3.8, 4) is 0 Å². The number of carbonyl (C=O) groups excluding carboxylic acids is 1. The Morgan fingerprint density at radius 2 is 1.88 bits per heavy atom. The number of aromatic amines is 1. The molecule has 2 aromatic rings. The summed E-state index contributed by atoms with van der Waals surface area (Å²) in [5.41, 5.74) is 5.77. The number of hydrogen-bond donors (Lipinski definition) is 2. The smallest absolute Gasteiger partial charge is 0.291 e. The lowest BCUT2D eigenvalue weighted by Gasteiger charge is -2.20. The van der Waals surface area contributed by atoms with E-state index < -0.39 is 0 Å². The molecule has 1 aromatic carbocycles. The van der Waals surface area contributed by atoms with E-state index in [2.05, 4.69) is 72.4 Å². The van der Waals surface area contributed by atoms with Gasteiger partial charge in [0, 0.05) is 29.9 Å². The molecular formula is C19H27N5O. The number of nitrogens with one attached hydrogen (secondary N) is 2. The van der Waals surface area contributed by atoms with Crippen LogP contribution in [0.5, 0.6) is 0 Å². The van der Waals surface area contributed by atoms with E-state index in [0.717, 1.165) is 24.3 Å². The molecule has 0 saturated heterocycles. The van der Waals surface area contributed by atoms with Gasteiger partial charge in [-0.05, 0) is 37.6 Å². The van der Waals surface area contributed by atoms with E-state index >= 15 is 0 Å². The van der Waals surface area contributed by atoms with E-state index in [-0.39, 0.29) is 11.3 Å². The fourth-order valence-electron chi connectivity index (χ4n) is 2.40. The van der Waals surface area contributed by atoms with Crippen molar-refractivity contribution in [2.75, 3.05) is 18.0 Å². The van der Waals surface area contributed by atoms with Crippen LogP contribution in [0, 0.1) is 0 Å². The zero-order valence-corrected chi connectivity index (χ0v) is 15.6. The Labute approximate surface area is 149 Å². The Hall–Kier alpha value is -2.63. The van der Waals surface area contributed by atoms with Crippen LogP contribution in [-0.2, 0) is 5.41 Å². The number of hydrazone groups is 1. The van der Waals surface area contributed by atoms with Crippen molar-refractivity contribution in [1.82, 2.24) is 15.6 Å². The van der Waals surface area contributed by atoms with Crippen molar-refractivity contribution >= 4 is 17.8 Å². The predicted octanol–water partition coefficient (Wildman–Crippen LogP) is 3.32. The van der Waals surface area contributed by atoms with E-state index in [4.69, 9.17) is 0 Å². The maximum atomic E-state index is 12.1. The molecule has 0 radical (unpaired) electrons. The summed E-state index contributed by atoms with van der Waals surface area (Å²) in [6.45, 7) is 12.4. The Morgan fingerprint density at radius 1 is 1.24 bits per heavy atom. The van der Waals surface area contributed by atoms with Crippen molar-refractivity contribution in [3.63, 3.8) is 0 Å². The molecule has 0 unspecified atom stereocenters. The van der Waals surface area contributed by atoms with Gasteiger partial charge >= 0.3 is 0 Å². The fourth-order valence-corrected chi connectivity index (χ4v) is 2.40. The van der Waals surface area contributed by atoms with Crippen LogP contribution in [0.1, 0.15) is 56.4 Å². The summed E-state index contributed by atoms with van der Waals surface area (Å²) in [5.74, 6) is -0.331. The van der Waals surface area contributed by atoms with Crippen molar-refractivity contribution in [3.05, 3.63) is 47.3 Å². The summed E-state index contributed by atoms with van der Waals surface area (Å²) in [6, 6.07) is 9.83. The molecule has 0 bridgehead atoms. The number of benzene rings is 1. The molecule has 134 valence electrons. The topological polar surface area (TPSA) is 73.4 Å². The van der Waals surface area contributed by atoms with Gasteiger partial charge in [0.1, 0.15) is 0 Å². The van der Waals surface area contributed by atoms with Crippen LogP contribution in [0.15, 0.2) is 35.4 Å². The number of hydrogen-bond acceptors (Lipinski definition) is 4. The lowest BCUT2D eigenvalue weighted by atomic mass is 9.92. The monoisotopic (exact) mass is 341 g/mol. The predicted molar refractivity (Wildman–Crippen MR) is 102 cm³/mol. The second kappa shape index (κ2) is 7.96. The third kappa shape index (κ3) is 4.92. The number of H-pyrrole nitrogens is 1. The standard InChI is InChI=1S/C19H27N5O/c1-6-24(7-2)15-10-8-14(9-11-15)13-20-23-18(25)16-12-17(22-21-16)19(3,4)5/h8-13H,6-7H2,1-5H3,(H,21,22)(H,23,25)/b20-13-. The van der Waals surface area contributed by atoms with Gasteiger partial charge in [-0.2, -0.15) is 10.2 Å². The number of rotatable bonds is 6. The minimum atomic E-state index is -0.331. The Bertz CT molecular complexity index is 721. The van der Waals surface area contributed by atoms with E-state index in [9.17, 15) is 4.79 Å². The molecular weight excluding hydrogens is 314 g/mol. The number of amides is 1. The first-order chi connectivity index (χ1) is 11.8. The molecule has 0 atom stereocenters. The highest BCUT2D eigenvalue weighted by molar-refractivity contribution is 5.93. The molecule has 25 heavy (non-hydrogen) atoms. The molecule has 0 spiro atoms. The average Bonchev–Trinajstić information content (AvgIpc) is 3.08. The zero-order valence-electron chi connectivity index (χ0n) is 15.6. The van der Waals surface area contributed by atoms with Crippen molar-refractivity contribution in [2.45, 2.75) is 40.0 Å². The first-order valence-corrected chi connectivity index (χ1v) is 8.59. The molecule has 0 aliphatic rings. The summed E-state index contributed by atoms with van der Waals surface area (Å²) in [4.78, 5) is 14.4. The minimum absolute atomic E-state index is 0.0819. The molecule has 2 N–H and O–H groups in total. The highest BCUT2D eigenvalue weighted by Gasteiger charge is 2.19. The van der Waals surface area contributed by atoms with Crippen molar-refractivity contribution < 1.29 is 4.79 Å². The van der Waals surface area contributed by atoms with Crippen LogP contribution in [-0.4, -0.2) is 35.4 Å². The van der Waals surface area contributed by atoms with Crippen LogP contribution >= 0.6 is 0 Å². The van der Waals surface area contributed by atoms with Crippen molar-refractivity contribution in [1.29, 1.82) is 0 Å². The van der Waals surface area contributed by atoms with Gasteiger partial charge in [0.2, 0.25) is 0 Å². The van der Waals surface area contributed by atoms with Crippen LogP contribution in [0.4, 0.5) is 5.69 Å². The van der Waals surface area contributed by atoms with Gasteiger partial charge < -0.3 is 4.90 Å². The normalized spacial score (nSPS) is 11.7. The maximum Gasteiger partial charge on any atom is 0.291 e. The number of aromatic nitrogens is 2. The third-order valence-corrected chi connectivity index (χ3v) is 4.02. The second-order valence-electron chi connectivity index (χ2n) is 6.88. The first-order valence-electron chi connectivity index (χ1n) is 8.59. The van der Waals surface area contributed by atoms with Crippen molar-refractivity contribution in [2.24, 2.45) is 5.10 Å². The van der Waals surface area contributed by atoms with E-state index in [1.54, 1.807) is 12.3 Å². The van der Waals surface area contributed by atoms with Crippen LogP contribution in [0.2, 0.25) is 0 Å². The average molecular weight is 341 g/mol. The number of nitrogens with zero attached hydrogens (tertiary/aromatic N) is 3. The van der Waals surface area contributed by atoms with Crippen LogP contribution in [0.25, 0.3) is 0 Å². The highest BCUT2D eigenvalue weighted by Crippen LogP contribution is 2.20. The summed E-state index contributed by atoms with van der Waals surface area (Å²) in [5, 5.41) is 10.9. The zero-order chi connectivity index (χ0) is 18.4. The fraction of sp³-hybridized carbons (Fsp3) is 0.421. The summed E-state index contributed by atoms with van der Waals surface area (Å²) < 4.78 is 0. The molecule has 2 rings (SSSR count). The summed E-state index contributed by atoms with van der Waals surface area (Å²) >= 11 is 0. The molecule has 0 saturated carbocycles. The van der Waals surface area contributed by atoms with Gasteiger partial charge in [-0.15, -0.1) is 0 Å². The largest absolute Gasteiger partial charge is 0.372 e. The van der Waals surface area contributed by atoms with Gasteiger partial charge in [0.25, 0.3) is 5.91 Å². The van der Waals surface area contributed by atoms with Gasteiger partial charge in [0.05, 0.1) is 6.21 Å². The molecule has 6 nitrogen and oxygen atoms in total. The maximum absolute atomic E-state index is 12.1. The van der Waals surface area contributed by atoms with E-state index in [0.29, 0.717) is 5.69 Å². The van der Waals surface area contributed by atoms with Gasteiger partial charge in [0.15, 0.2) is 5.69 Å². The van der Waals surface area contributed by atoms with Crippen LogP contribution in [0.3, 0.4) is 0 Å². The van der Waals surface area contributed by atoms with E-state index in [1.807, 2.05) is 12.1 Å². The molecule has 1 aromatic heterocycles. The van der Waals surface area contributed by atoms with E-state index in [1.165, 1.54) is 5.69 Å². The third-order valence-electron chi connectivity index (χ3n) is 4.02. The second-order valence-corrected chi connectivity index (χ2v) is 6.88. The molecule has 1 heterocycles. The summed E-state index contributed by atoms with van der Waals surface area (Å²) in [7, 11) is 0. The first kappa shape index (κ1) is 18.7. The Morgan fingerprint density at radius 3 is 2.40 bits per heavy atom. The molecule has 6 heteroatoms. The quantitative estimate of drug-likeness (QED) is 0.625. The van der Waals surface area contributed by atoms with Gasteiger partial charge in [-0.1, -0.05) is 32.9 Å². The highest BCUT2D eigenvalue weighted by atomic mass is 16.2. The molecule has 0 aliphatic carbocycles.